The van der Waals surface area contributed by atoms with Gasteiger partial charge in [-0.15, -0.1) is 0 Å². The van der Waals surface area contributed by atoms with Gasteiger partial charge >= 0.3 is 0 Å². The zero-order valence-electron chi connectivity index (χ0n) is 11.3. The second-order valence-electron chi connectivity index (χ2n) is 5.80. The lowest BCUT2D eigenvalue weighted by Gasteiger charge is -2.23. The molecule has 0 heterocycles. The highest BCUT2D eigenvalue weighted by Crippen LogP contribution is 2.34. The molecule has 0 amide bonds. The number of hydrogen-bond acceptors (Lipinski definition) is 2. The van der Waals surface area contributed by atoms with Gasteiger partial charge in [0.05, 0.1) is 0 Å². The van der Waals surface area contributed by atoms with E-state index in [0.717, 1.165) is 17.7 Å². The Hall–Kier alpha value is -1.02. The Bertz CT molecular complexity index is 375. The molecule has 2 heteroatoms. The Balaban J connectivity index is 3.23. The minimum atomic E-state index is -0.0167. The molecule has 1 rings (SSSR count). The van der Waals surface area contributed by atoms with Crippen LogP contribution in [0.3, 0.4) is 0 Å². The fourth-order valence-electron chi connectivity index (χ4n) is 1.88. The summed E-state index contributed by atoms with van der Waals surface area (Å²) in [6.45, 7) is 9.25. The molecule has 90 valence electrons. The van der Waals surface area contributed by atoms with Gasteiger partial charge in [0.15, 0.2) is 0 Å². The summed E-state index contributed by atoms with van der Waals surface area (Å²) in [4.78, 5) is 2.14. The van der Waals surface area contributed by atoms with Crippen LogP contribution in [0.15, 0.2) is 12.1 Å². The molecule has 0 radical (unpaired) electrons. The first-order valence-corrected chi connectivity index (χ1v) is 5.69. The highest BCUT2D eigenvalue weighted by Gasteiger charge is 2.20. The molecule has 0 aromatic heterocycles. The molecule has 0 aliphatic carbocycles. The van der Waals surface area contributed by atoms with E-state index in [1.54, 1.807) is 0 Å². The van der Waals surface area contributed by atoms with E-state index in [-0.39, 0.29) is 5.41 Å². The fraction of sp³-hybridized carbons (Fsp3) is 0.571. The maximum Gasteiger partial charge on any atom is 0.122 e. The van der Waals surface area contributed by atoms with Crippen LogP contribution in [-0.2, 0) is 12.0 Å². The van der Waals surface area contributed by atoms with Gasteiger partial charge in [-0.25, -0.2) is 0 Å². The van der Waals surface area contributed by atoms with Crippen LogP contribution < -0.4 is 0 Å². The van der Waals surface area contributed by atoms with E-state index in [4.69, 9.17) is 0 Å². The summed E-state index contributed by atoms with van der Waals surface area (Å²) in [6.07, 6.45) is 0. The van der Waals surface area contributed by atoms with Crippen molar-refractivity contribution in [1.29, 1.82) is 0 Å². The summed E-state index contributed by atoms with van der Waals surface area (Å²) in [6, 6.07) is 4.17. The first-order valence-electron chi connectivity index (χ1n) is 5.69. The lowest BCUT2D eigenvalue weighted by molar-refractivity contribution is 0.399. The van der Waals surface area contributed by atoms with E-state index in [2.05, 4.69) is 51.9 Å². The van der Waals surface area contributed by atoms with Crippen LogP contribution in [0.5, 0.6) is 5.75 Å². The van der Waals surface area contributed by atoms with Crippen LogP contribution in [0.1, 0.15) is 37.5 Å². The molecule has 16 heavy (non-hydrogen) atoms. The second-order valence-corrected chi connectivity index (χ2v) is 5.80. The topological polar surface area (TPSA) is 23.5 Å². The number of aromatic hydroxyl groups is 1. The van der Waals surface area contributed by atoms with Gasteiger partial charge in [-0.05, 0) is 43.1 Å². The van der Waals surface area contributed by atoms with Gasteiger partial charge in [0.25, 0.3) is 0 Å². The van der Waals surface area contributed by atoms with E-state index >= 15 is 0 Å². The summed E-state index contributed by atoms with van der Waals surface area (Å²) in [5, 5.41) is 10.1. The lowest BCUT2D eigenvalue weighted by Crippen LogP contribution is -2.15. The number of aryl methyl sites for hydroxylation is 1. The van der Waals surface area contributed by atoms with Gasteiger partial charge in [0.1, 0.15) is 5.75 Å². The van der Waals surface area contributed by atoms with Crippen molar-refractivity contribution in [2.45, 2.75) is 39.7 Å². The van der Waals surface area contributed by atoms with E-state index in [9.17, 15) is 5.11 Å². The van der Waals surface area contributed by atoms with Crippen molar-refractivity contribution < 1.29 is 5.11 Å². The normalized spacial score (nSPS) is 12.2. The van der Waals surface area contributed by atoms with Crippen molar-refractivity contribution in [2.24, 2.45) is 0 Å². The molecule has 2 nitrogen and oxygen atoms in total. The monoisotopic (exact) mass is 221 g/mol. The molecule has 1 N–H and O–H groups in total. The second kappa shape index (κ2) is 4.46. The van der Waals surface area contributed by atoms with Gasteiger partial charge < -0.3 is 10.0 Å². The first kappa shape index (κ1) is 13.0. The molecule has 0 unspecified atom stereocenters. The molecular formula is C14H23NO. The molecular weight excluding hydrogens is 198 g/mol. The Morgan fingerprint density at radius 1 is 1.19 bits per heavy atom. The average molecular weight is 221 g/mol. The third-order valence-electron chi connectivity index (χ3n) is 2.67. The summed E-state index contributed by atoms with van der Waals surface area (Å²) >= 11 is 0. The smallest absolute Gasteiger partial charge is 0.122 e. The van der Waals surface area contributed by atoms with Crippen molar-refractivity contribution in [2.75, 3.05) is 14.1 Å². The Kier molecular flexibility index (Phi) is 3.64. The zero-order chi connectivity index (χ0) is 12.5. The minimum Gasteiger partial charge on any atom is -0.507 e. The van der Waals surface area contributed by atoms with Crippen LogP contribution in [0, 0.1) is 6.92 Å². The van der Waals surface area contributed by atoms with Gasteiger partial charge in [0.2, 0.25) is 0 Å². The first-order chi connectivity index (χ1) is 7.21. The van der Waals surface area contributed by atoms with E-state index in [1.165, 1.54) is 5.56 Å². The Morgan fingerprint density at radius 3 is 2.19 bits per heavy atom. The number of benzene rings is 1. The van der Waals surface area contributed by atoms with E-state index in [0.29, 0.717) is 5.75 Å². The number of rotatable bonds is 2. The highest BCUT2D eigenvalue weighted by atomic mass is 16.3. The average Bonchev–Trinajstić information content (AvgIpc) is 2.08. The number of phenolic OH excluding ortho intramolecular Hbond substituents is 1. The van der Waals surface area contributed by atoms with Crippen LogP contribution in [0.4, 0.5) is 0 Å². The molecule has 0 atom stereocenters. The number of nitrogens with zero attached hydrogens (tertiary/aromatic N) is 1. The standard InChI is InChI=1S/C14H23NO/c1-10-7-11(9-15(5)6)8-12(13(10)16)14(2,3)4/h7-8,16H,9H2,1-6H3. The quantitative estimate of drug-likeness (QED) is 0.829. The molecule has 0 spiro atoms. The van der Waals surface area contributed by atoms with Crippen LogP contribution >= 0.6 is 0 Å². The van der Waals surface area contributed by atoms with Crippen LogP contribution in [0.2, 0.25) is 0 Å². The van der Waals surface area contributed by atoms with Gasteiger partial charge in [-0.2, -0.15) is 0 Å². The van der Waals surface area contributed by atoms with Crippen molar-refractivity contribution in [3.63, 3.8) is 0 Å². The minimum absolute atomic E-state index is 0.0167. The molecule has 0 saturated carbocycles. The summed E-state index contributed by atoms with van der Waals surface area (Å²) in [7, 11) is 4.11. The zero-order valence-corrected chi connectivity index (χ0v) is 11.3. The molecule has 0 aliphatic rings. The SMILES string of the molecule is Cc1cc(CN(C)C)cc(C(C)(C)C)c1O. The van der Waals surface area contributed by atoms with E-state index < -0.39 is 0 Å². The number of phenols is 1. The molecule has 0 fully saturated rings. The third-order valence-corrected chi connectivity index (χ3v) is 2.67. The molecule has 1 aromatic rings. The Labute approximate surface area is 98.9 Å². The molecule has 1 aromatic carbocycles. The van der Waals surface area contributed by atoms with Crippen LogP contribution in [-0.4, -0.2) is 24.1 Å². The van der Waals surface area contributed by atoms with Gasteiger partial charge in [-0.3, -0.25) is 0 Å². The third kappa shape index (κ3) is 2.99. The van der Waals surface area contributed by atoms with E-state index in [1.807, 2.05) is 6.92 Å². The van der Waals surface area contributed by atoms with Gasteiger partial charge in [-0.1, -0.05) is 32.9 Å². The molecule has 0 aliphatic heterocycles. The van der Waals surface area contributed by atoms with Crippen molar-refractivity contribution in [3.05, 3.63) is 28.8 Å². The van der Waals surface area contributed by atoms with Crippen molar-refractivity contribution in [1.82, 2.24) is 4.90 Å². The van der Waals surface area contributed by atoms with Crippen LogP contribution in [0.25, 0.3) is 0 Å². The lowest BCUT2D eigenvalue weighted by atomic mass is 9.84. The molecule has 0 bridgehead atoms. The fourth-order valence-corrected chi connectivity index (χ4v) is 1.88. The van der Waals surface area contributed by atoms with Crippen molar-refractivity contribution >= 4 is 0 Å². The molecule has 0 saturated heterocycles. The summed E-state index contributed by atoms with van der Waals surface area (Å²) < 4.78 is 0. The summed E-state index contributed by atoms with van der Waals surface area (Å²) in [5.41, 5.74) is 3.23. The number of hydrogen-bond donors (Lipinski definition) is 1. The van der Waals surface area contributed by atoms with Gasteiger partial charge in [0, 0.05) is 6.54 Å². The maximum absolute atomic E-state index is 10.1. The predicted molar refractivity (Wildman–Crippen MR) is 68.9 cm³/mol. The Morgan fingerprint density at radius 2 is 1.75 bits per heavy atom. The van der Waals surface area contributed by atoms with Crippen molar-refractivity contribution in [3.8, 4) is 5.75 Å². The maximum atomic E-state index is 10.1. The largest absolute Gasteiger partial charge is 0.507 e. The summed E-state index contributed by atoms with van der Waals surface area (Å²) in [5.74, 6) is 0.440. The predicted octanol–water partition coefficient (Wildman–Crippen LogP) is 3.06. The highest BCUT2D eigenvalue weighted by molar-refractivity contribution is 5.46.